The van der Waals surface area contributed by atoms with Gasteiger partial charge >= 0.3 is 0 Å². The first-order valence-corrected chi connectivity index (χ1v) is 14.6. The first kappa shape index (κ1) is 30.2. The zero-order valence-electron chi connectivity index (χ0n) is 22.7. The van der Waals surface area contributed by atoms with Gasteiger partial charge in [0.2, 0.25) is 11.8 Å². The Morgan fingerprint density at radius 3 is 2.08 bits per heavy atom. The maximum atomic E-state index is 13.9. The first-order chi connectivity index (χ1) is 18.3. The number of sulfonamides is 1. The molecule has 39 heavy (non-hydrogen) atoms. The lowest BCUT2D eigenvalue weighted by Crippen LogP contribution is -2.54. The monoisotopic (exact) mass is 615 g/mol. The molecule has 3 rings (SSSR count). The van der Waals surface area contributed by atoms with Crippen LogP contribution in [-0.2, 0) is 26.2 Å². The molecule has 0 aliphatic heterocycles. The number of carbonyl (C=O) groups is 2. The van der Waals surface area contributed by atoms with Gasteiger partial charge in [-0.05, 0) is 81.8 Å². The van der Waals surface area contributed by atoms with E-state index in [1.54, 1.807) is 49.4 Å². The van der Waals surface area contributed by atoms with Crippen molar-refractivity contribution in [1.82, 2.24) is 10.2 Å². The third-order valence-electron chi connectivity index (χ3n) is 5.90. The van der Waals surface area contributed by atoms with Crippen LogP contribution in [0.1, 0.15) is 33.3 Å². The number of anilines is 1. The number of nitrogens with one attached hydrogen (secondary N) is 1. The molecule has 1 unspecified atom stereocenters. The minimum atomic E-state index is -4.14. The summed E-state index contributed by atoms with van der Waals surface area (Å²) in [6.45, 7) is 6.84. The number of ether oxygens (including phenoxy) is 1. The van der Waals surface area contributed by atoms with E-state index in [1.165, 1.54) is 24.1 Å². The summed E-state index contributed by atoms with van der Waals surface area (Å²) in [7, 11) is -2.64. The maximum Gasteiger partial charge on any atom is 0.264 e. The highest BCUT2D eigenvalue weighted by Gasteiger charge is 2.33. The summed E-state index contributed by atoms with van der Waals surface area (Å²) in [5.41, 5.74) is 0.620. The first-order valence-electron chi connectivity index (χ1n) is 12.4. The SMILES string of the molecule is COc1ccc(S(=O)(=O)N(CC(=O)N(Cc2ccc(Br)cc2)C(C)C(=O)NC(C)(C)C)c2ccccc2)cc1. The molecule has 0 bridgehead atoms. The molecule has 10 heteroatoms. The summed E-state index contributed by atoms with van der Waals surface area (Å²) in [6, 6.07) is 20.9. The minimum absolute atomic E-state index is 0.0120. The largest absolute Gasteiger partial charge is 0.497 e. The average molecular weight is 617 g/mol. The van der Waals surface area contributed by atoms with Crippen LogP contribution in [0.25, 0.3) is 0 Å². The number of hydrogen-bond donors (Lipinski definition) is 1. The maximum absolute atomic E-state index is 13.9. The van der Waals surface area contributed by atoms with Crippen molar-refractivity contribution in [3.8, 4) is 5.75 Å². The molecule has 2 amide bonds. The zero-order valence-corrected chi connectivity index (χ0v) is 25.1. The number of nitrogens with zero attached hydrogens (tertiary/aromatic N) is 2. The van der Waals surface area contributed by atoms with Gasteiger partial charge in [-0.2, -0.15) is 0 Å². The summed E-state index contributed by atoms with van der Waals surface area (Å²) in [6.07, 6.45) is 0. The van der Waals surface area contributed by atoms with Crippen molar-refractivity contribution in [2.45, 2.75) is 50.7 Å². The fourth-order valence-corrected chi connectivity index (χ4v) is 5.52. The number of amides is 2. The van der Waals surface area contributed by atoms with Crippen LogP contribution in [0.5, 0.6) is 5.75 Å². The highest BCUT2D eigenvalue weighted by Crippen LogP contribution is 2.26. The summed E-state index contributed by atoms with van der Waals surface area (Å²) < 4.78 is 34.7. The number of benzene rings is 3. The van der Waals surface area contributed by atoms with Crippen molar-refractivity contribution in [3.05, 3.63) is 88.9 Å². The molecule has 208 valence electrons. The van der Waals surface area contributed by atoms with E-state index in [2.05, 4.69) is 21.2 Å². The predicted octanol–water partition coefficient (Wildman–Crippen LogP) is 4.99. The Hall–Kier alpha value is -3.37. The van der Waals surface area contributed by atoms with Gasteiger partial charge < -0.3 is 15.0 Å². The molecule has 0 saturated heterocycles. The number of halogens is 1. The predicted molar refractivity (Wildman–Crippen MR) is 156 cm³/mol. The summed E-state index contributed by atoms with van der Waals surface area (Å²) in [5, 5.41) is 2.92. The number of methoxy groups -OCH3 is 1. The Bertz CT molecular complexity index is 1370. The van der Waals surface area contributed by atoms with Crippen LogP contribution in [0.4, 0.5) is 5.69 Å². The van der Waals surface area contributed by atoms with Gasteiger partial charge in [-0.25, -0.2) is 8.42 Å². The quantitative estimate of drug-likeness (QED) is 0.347. The fraction of sp³-hybridized carbons (Fsp3) is 0.310. The third-order valence-corrected chi connectivity index (χ3v) is 8.22. The minimum Gasteiger partial charge on any atom is -0.497 e. The van der Waals surface area contributed by atoms with Gasteiger partial charge in [0.15, 0.2) is 0 Å². The second kappa shape index (κ2) is 12.7. The Labute approximate surface area is 239 Å². The standard InChI is InChI=1S/C29H34BrN3O5S/c1-21(28(35)31-29(2,3)4)32(19-22-11-13-23(30)14-12-22)27(34)20-33(24-9-7-6-8-10-24)39(36,37)26-17-15-25(38-5)16-18-26/h6-18,21H,19-20H2,1-5H3,(H,31,35). The van der Waals surface area contributed by atoms with Gasteiger partial charge in [0, 0.05) is 16.6 Å². The highest BCUT2D eigenvalue weighted by atomic mass is 79.9. The number of carbonyl (C=O) groups excluding carboxylic acids is 2. The van der Waals surface area contributed by atoms with Gasteiger partial charge in [0.25, 0.3) is 10.0 Å². The topological polar surface area (TPSA) is 96.0 Å². The van der Waals surface area contributed by atoms with Gasteiger partial charge in [-0.1, -0.05) is 46.3 Å². The molecular weight excluding hydrogens is 582 g/mol. The molecule has 3 aromatic rings. The molecule has 0 spiro atoms. The van der Waals surface area contributed by atoms with Crippen LogP contribution in [0.2, 0.25) is 0 Å². The van der Waals surface area contributed by atoms with Crippen molar-refractivity contribution in [1.29, 1.82) is 0 Å². The molecule has 3 aromatic carbocycles. The van der Waals surface area contributed by atoms with E-state index < -0.39 is 34.1 Å². The molecule has 0 aromatic heterocycles. The summed E-state index contributed by atoms with van der Waals surface area (Å²) in [4.78, 5) is 28.4. The third kappa shape index (κ3) is 8.06. The molecule has 1 N–H and O–H groups in total. The Morgan fingerprint density at radius 1 is 0.949 bits per heavy atom. The number of hydrogen-bond acceptors (Lipinski definition) is 5. The fourth-order valence-electron chi connectivity index (χ4n) is 3.84. The van der Waals surface area contributed by atoms with E-state index in [1.807, 2.05) is 45.0 Å². The second-order valence-corrected chi connectivity index (χ2v) is 12.9. The van der Waals surface area contributed by atoms with E-state index in [4.69, 9.17) is 4.74 Å². The van der Waals surface area contributed by atoms with E-state index in [9.17, 15) is 18.0 Å². The highest BCUT2D eigenvalue weighted by molar-refractivity contribution is 9.10. The van der Waals surface area contributed by atoms with Crippen LogP contribution >= 0.6 is 15.9 Å². The normalized spacial score (nSPS) is 12.4. The summed E-state index contributed by atoms with van der Waals surface area (Å²) >= 11 is 3.41. The van der Waals surface area contributed by atoms with Gasteiger partial charge in [0.05, 0.1) is 17.7 Å². The van der Waals surface area contributed by atoms with Crippen molar-refractivity contribution in [3.63, 3.8) is 0 Å². The zero-order chi connectivity index (χ0) is 28.8. The molecule has 0 fully saturated rings. The van der Waals surface area contributed by atoms with E-state index in [0.717, 1.165) is 14.3 Å². The Morgan fingerprint density at radius 2 is 1.54 bits per heavy atom. The molecule has 0 radical (unpaired) electrons. The Kier molecular flexibility index (Phi) is 9.79. The molecular formula is C29H34BrN3O5S. The second-order valence-electron chi connectivity index (χ2n) is 10.1. The van der Waals surface area contributed by atoms with Crippen molar-refractivity contribution >= 4 is 43.5 Å². The van der Waals surface area contributed by atoms with Crippen LogP contribution in [0.3, 0.4) is 0 Å². The molecule has 0 aliphatic rings. The van der Waals surface area contributed by atoms with Gasteiger partial charge in [0.1, 0.15) is 18.3 Å². The smallest absolute Gasteiger partial charge is 0.264 e. The lowest BCUT2D eigenvalue weighted by Gasteiger charge is -2.33. The van der Waals surface area contributed by atoms with Crippen molar-refractivity contribution in [2.75, 3.05) is 18.0 Å². The van der Waals surface area contributed by atoms with E-state index in [0.29, 0.717) is 11.4 Å². The van der Waals surface area contributed by atoms with Gasteiger partial charge in [-0.15, -0.1) is 0 Å². The summed E-state index contributed by atoms with van der Waals surface area (Å²) in [5.74, 6) is -0.344. The molecule has 1 atom stereocenters. The molecule has 0 heterocycles. The lowest BCUT2D eigenvalue weighted by atomic mass is 10.1. The van der Waals surface area contributed by atoms with Crippen LogP contribution in [-0.4, -0.2) is 50.4 Å². The Balaban J connectivity index is 2.00. The van der Waals surface area contributed by atoms with Crippen molar-refractivity contribution < 1.29 is 22.7 Å². The molecule has 0 aliphatic carbocycles. The lowest BCUT2D eigenvalue weighted by molar-refractivity contribution is -0.140. The molecule has 8 nitrogen and oxygen atoms in total. The van der Waals surface area contributed by atoms with Crippen LogP contribution < -0.4 is 14.4 Å². The number of para-hydroxylation sites is 1. The molecule has 0 saturated carbocycles. The van der Waals surface area contributed by atoms with E-state index in [-0.39, 0.29) is 17.3 Å². The van der Waals surface area contributed by atoms with E-state index >= 15 is 0 Å². The van der Waals surface area contributed by atoms with Crippen LogP contribution in [0, 0.1) is 0 Å². The number of rotatable bonds is 10. The van der Waals surface area contributed by atoms with Crippen molar-refractivity contribution in [2.24, 2.45) is 0 Å². The van der Waals surface area contributed by atoms with Gasteiger partial charge in [-0.3, -0.25) is 13.9 Å². The van der Waals surface area contributed by atoms with Crippen LogP contribution in [0.15, 0.2) is 88.2 Å². The average Bonchev–Trinajstić information content (AvgIpc) is 2.90.